The van der Waals surface area contributed by atoms with Gasteiger partial charge in [0, 0.05) is 24.9 Å². The van der Waals surface area contributed by atoms with Gasteiger partial charge in [0.1, 0.15) is 0 Å². The molecular formula is C29H30N4O4S. The van der Waals surface area contributed by atoms with Crippen LogP contribution < -0.4 is 16.2 Å². The number of nitrogens with one attached hydrogen (secondary N) is 2. The van der Waals surface area contributed by atoms with Crippen molar-refractivity contribution in [3.8, 4) is 0 Å². The van der Waals surface area contributed by atoms with Gasteiger partial charge in [0.25, 0.3) is 11.5 Å². The van der Waals surface area contributed by atoms with Gasteiger partial charge in [-0.05, 0) is 66.9 Å². The number of para-hydroxylation sites is 1. The summed E-state index contributed by atoms with van der Waals surface area (Å²) < 4.78 is 6.53. The Labute approximate surface area is 225 Å². The molecule has 2 N–H and O–H groups in total. The number of aromatic nitrogens is 2. The molecule has 0 atom stereocenters. The molecule has 0 aliphatic rings. The lowest BCUT2D eigenvalue weighted by molar-refractivity contribution is -0.113. The van der Waals surface area contributed by atoms with Crippen molar-refractivity contribution >= 4 is 40.2 Å². The molecule has 2 amide bonds. The van der Waals surface area contributed by atoms with Crippen molar-refractivity contribution in [3.05, 3.63) is 99.3 Å². The molecule has 0 saturated carbocycles. The molecule has 196 valence electrons. The topological polar surface area (TPSA) is 102 Å². The summed E-state index contributed by atoms with van der Waals surface area (Å²) in [6.07, 6.45) is 0. The number of hydrogen-bond donors (Lipinski definition) is 2. The lowest BCUT2D eigenvalue weighted by atomic mass is 10.1. The Morgan fingerprint density at radius 2 is 1.71 bits per heavy atom. The highest BCUT2D eigenvalue weighted by Crippen LogP contribution is 2.20. The lowest BCUT2D eigenvalue weighted by Gasteiger charge is -2.14. The summed E-state index contributed by atoms with van der Waals surface area (Å²) in [5.41, 5.74) is 4.62. The molecule has 0 spiro atoms. The first-order chi connectivity index (χ1) is 18.3. The van der Waals surface area contributed by atoms with E-state index in [-0.39, 0.29) is 29.7 Å². The van der Waals surface area contributed by atoms with Gasteiger partial charge >= 0.3 is 0 Å². The Kier molecular flexibility index (Phi) is 8.93. The third-order valence-corrected chi connectivity index (χ3v) is 6.79. The van der Waals surface area contributed by atoms with Gasteiger partial charge in [-0.2, -0.15) is 0 Å². The molecule has 8 nitrogen and oxygen atoms in total. The highest BCUT2D eigenvalue weighted by atomic mass is 32.2. The summed E-state index contributed by atoms with van der Waals surface area (Å²) in [6, 6.07) is 20.1. The first-order valence-electron chi connectivity index (χ1n) is 12.2. The maximum absolute atomic E-state index is 13.4. The smallest absolute Gasteiger partial charge is 0.262 e. The molecule has 0 aliphatic heterocycles. The molecule has 9 heteroatoms. The Morgan fingerprint density at radius 1 is 1.00 bits per heavy atom. The summed E-state index contributed by atoms with van der Waals surface area (Å²) in [6.45, 7) is 5.08. The predicted molar refractivity (Wildman–Crippen MR) is 151 cm³/mol. The third kappa shape index (κ3) is 6.87. The zero-order valence-corrected chi connectivity index (χ0v) is 22.4. The van der Waals surface area contributed by atoms with Gasteiger partial charge < -0.3 is 15.4 Å². The molecule has 0 unspecified atom stereocenters. The van der Waals surface area contributed by atoms with E-state index >= 15 is 0 Å². The van der Waals surface area contributed by atoms with Crippen LogP contribution in [0.2, 0.25) is 0 Å². The van der Waals surface area contributed by atoms with E-state index in [1.165, 1.54) is 11.8 Å². The minimum absolute atomic E-state index is 0.0956. The largest absolute Gasteiger partial charge is 0.383 e. The minimum Gasteiger partial charge on any atom is -0.383 e. The van der Waals surface area contributed by atoms with Crippen LogP contribution >= 0.6 is 11.8 Å². The Morgan fingerprint density at radius 3 is 2.42 bits per heavy atom. The standard InChI is InChI=1S/C29H30N4O4S/c1-19-14-20(2)16-23(15-19)31-26(34)18-38-29-32-25-7-5-4-6-24(25)28(36)33(29)17-21-8-10-22(11-9-21)27(35)30-12-13-37-3/h4-11,14-16H,12-13,17-18H2,1-3H3,(H,30,35)(H,31,34). The maximum atomic E-state index is 13.4. The number of ether oxygens (including phenoxy) is 1. The van der Waals surface area contributed by atoms with E-state index in [0.29, 0.717) is 34.8 Å². The molecule has 1 heterocycles. The molecule has 1 aromatic heterocycles. The summed E-state index contributed by atoms with van der Waals surface area (Å²) in [5, 5.41) is 6.67. The van der Waals surface area contributed by atoms with Gasteiger partial charge in [-0.15, -0.1) is 0 Å². The van der Waals surface area contributed by atoms with Crippen LogP contribution in [0.25, 0.3) is 10.9 Å². The summed E-state index contributed by atoms with van der Waals surface area (Å²) >= 11 is 1.21. The van der Waals surface area contributed by atoms with Crippen LogP contribution in [0, 0.1) is 13.8 Å². The Bertz CT molecular complexity index is 1500. The summed E-state index contributed by atoms with van der Waals surface area (Å²) in [7, 11) is 1.58. The van der Waals surface area contributed by atoms with Crippen molar-refractivity contribution in [2.24, 2.45) is 0 Å². The highest BCUT2D eigenvalue weighted by Gasteiger charge is 2.15. The van der Waals surface area contributed by atoms with Crippen LogP contribution in [0.1, 0.15) is 27.0 Å². The number of carbonyl (C=O) groups excluding carboxylic acids is 2. The van der Waals surface area contributed by atoms with Crippen LogP contribution in [0.5, 0.6) is 0 Å². The van der Waals surface area contributed by atoms with Crippen LogP contribution in [0.4, 0.5) is 5.69 Å². The highest BCUT2D eigenvalue weighted by molar-refractivity contribution is 7.99. The van der Waals surface area contributed by atoms with Crippen molar-refractivity contribution in [2.75, 3.05) is 31.3 Å². The maximum Gasteiger partial charge on any atom is 0.262 e. The third-order valence-electron chi connectivity index (χ3n) is 5.81. The van der Waals surface area contributed by atoms with Gasteiger partial charge in [-0.3, -0.25) is 19.0 Å². The second-order valence-corrected chi connectivity index (χ2v) is 9.90. The van der Waals surface area contributed by atoms with Gasteiger partial charge in [0.15, 0.2) is 5.16 Å². The number of methoxy groups -OCH3 is 1. The number of benzene rings is 3. The fraction of sp³-hybridized carbons (Fsp3) is 0.241. The van der Waals surface area contributed by atoms with E-state index in [9.17, 15) is 14.4 Å². The van der Waals surface area contributed by atoms with Gasteiger partial charge in [-0.25, -0.2) is 4.98 Å². The Hall–Kier alpha value is -3.95. The number of anilines is 1. The average molecular weight is 531 g/mol. The van der Waals surface area contributed by atoms with Crippen LogP contribution in [-0.2, 0) is 16.1 Å². The lowest BCUT2D eigenvalue weighted by Crippen LogP contribution is -2.27. The zero-order valence-electron chi connectivity index (χ0n) is 21.6. The second kappa shape index (κ2) is 12.5. The molecule has 0 radical (unpaired) electrons. The molecule has 0 aliphatic carbocycles. The molecule has 38 heavy (non-hydrogen) atoms. The second-order valence-electron chi connectivity index (χ2n) is 8.96. The minimum atomic E-state index is -0.191. The molecule has 4 aromatic rings. The molecule has 4 rings (SSSR count). The van der Waals surface area contributed by atoms with E-state index in [1.54, 1.807) is 42.0 Å². The predicted octanol–water partition coefficient (Wildman–Crippen LogP) is 4.17. The van der Waals surface area contributed by atoms with Crippen LogP contribution in [0.15, 0.2) is 76.7 Å². The number of fused-ring (bicyclic) bond motifs is 1. The van der Waals surface area contributed by atoms with Gasteiger partial charge in [0.2, 0.25) is 5.91 Å². The monoisotopic (exact) mass is 530 g/mol. The van der Waals surface area contributed by atoms with E-state index in [4.69, 9.17) is 9.72 Å². The summed E-state index contributed by atoms with van der Waals surface area (Å²) in [5.74, 6) is -0.278. The molecule has 3 aromatic carbocycles. The number of nitrogens with zero attached hydrogens (tertiary/aromatic N) is 2. The van der Waals surface area contributed by atoms with Gasteiger partial charge in [0.05, 0.1) is 29.8 Å². The molecular weight excluding hydrogens is 500 g/mol. The fourth-order valence-electron chi connectivity index (χ4n) is 4.08. The van der Waals surface area contributed by atoms with Crippen molar-refractivity contribution in [1.82, 2.24) is 14.9 Å². The molecule has 0 bridgehead atoms. The number of aryl methyl sites for hydroxylation is 2. The first-order valence-corrected chi connectivity index (χ1v) is 13.2. The van der Waals surface area contributed by atoms with E-state index in [2.05, 4.69) is 10.6 Å². The van der Waals surface area contributed by atoms with E-state index in [0.717, 1.165) is 22.4 Å². The first kappa shape index (κ1) is 27.1. The van der Waals surface area contributed by atoms with Crippen molar-refractivity contribution in [1.29, 1.82) is 0 Å². The Balaban J connectivity index is 1.54. The molecule has 0 saturated heterocycles. The fourth-order valence-corrected chi connectivity index (χ4v) is 4.88. The summed E-state index contributed by atoms with van der Waals surface area (Å²) in [4.78, 5) is 43.1. The zero-order chi connectivity index (χ0) is 27.1. The van der Waals surface area contributed by atoms with Crippen molar-refractivity contribution < 1.29 is 14.3 Å². The van der Waals surface area contributed by atoms with Crippen molar-refractivity contribution in [2.45, 2.75) is 25.5 Å². The SMILES string of the molecule is COCCNC(=O)c1ccc(Cn2c(SCC(=O)Nc3cc(C)cc(C)c3)nc3ccccc3c2=O)cc1. The van der Waals surface area contributed by atoms with Crippen molar-refractivity contribution in [3.63, 3.8) is 0 Å². The number of rotatable bonds is 10. The average Bonchev–Trinajstić information content (AvgIpc) is 2.89. The van der Waals surface area contributed by atoms with Crippen LogP contribution in [0.3, 0.4) is 0 Å². The number of hydrogen-bond acceptors (Lipinski definition) is 6. The number of carbonyl (C=O) groups is 2. The van der Waals surface area contributed by atoms with E-state index < -0.39 is 0 Å². The van der Waals surface area contributed by atoms with Crippen LogP contribution in [-0.4, -0.2) is 47.4 Å². The quantitative estimate of drug-likeness (QED) is 0.181. The van der Waals surface area contributed by atoms with E-state index in [1.807, 2.05) is 50.2 Å². The van der Waals surface area contributed by atoms with Gasteiger partial charge in [-0.1, -0.05) is 42.1 Å². The normalized spacial score (nSPS) is 10.9. The number of amides is 2. The number of thioether (sulfide) groups is 1. The molecule has 0 fully saturated rings.